The number of carbonyl (C=O) groups is 1. The van der Waals surface area contributed by atoms with Crippen molar-refractivity contribution in [1.29, 1.82) is 0 Å². The fourth-order valence-corrected chi connectivity index (χ4v) is 3.15. The number of H-pyrrole nitrogens is 1. The Morgan fingerprint density at radius 1 is 1.41 bits per heavy atom. The van der Waals surface area contributed by atoms with Crippen molar-refractivity contribution in [3.8, 4) is 5.88 Å². The molecule has 1 aliphatic rings. The highest BCUT2D eigenvalue weighted by Crippen LogP contribution is 2.27. The molecule has 0 unspecified atom stereocenters. The molecule has 0 bridgehead atoms. The molecule has 4 heterocycles. The highest BCUT2D eigenvalue weighted by Gasteiger charge is 2.24. The Kier molecular flexibility index (Phi) is 4.49. The molecule has 0 spiro atoms. The minimum atomic E-state index is -0.0357. The number of aromatic nitrogens is 5. The zero-order chi connectivity index (χ0) is 18.8. The molecule has 1 saturated heterocycles. The van der Waals surface area contributed by atoms with Gasteiger partial charge in [0.2, 0.25) is 17.7 Å². The molecule has 0 aromatic carbocycles. The van der Waals surface area contributed by atoms with Crippen molar-refractivity contribution in [2.24, 2.45) is 7.05 Å². The molecule has 2 N–H and O–H groups in total. The number of carbonyl (C=O) groups excluding carboxylic acids is 1. The van der Waals surface area contributed by atoms with Crippen LogP contribution in [0.2, 0.25) is 0 Å². The predicted octanol–water partition coefficient (Wildman–Crippen LogP) is 1.99. The first-order valence-electron chi connectivity index (χ1n) is 8.81. The van der Waals surface area contributed by atoms with E-state index in [1.165, 1.54) is 6.08 Å². The zero-order valence-corrected chi connectivity index (χ0v) is 15.1. The monoisotopic (exact) mass is 367 g/mol. The van der Waals surface area contributed by atoms with Crippen LogP contribution >= 0.6 is 0 Å². The fraction of sp³-hybridized carbons (Fsp3) is 0.333. The van der Waals surface area contributed by atoms with Crippen LogP contribution in [-0.4, -0.2) is 54.7 Å². The largest absolute Gasteiger partial charge is 0.474 e. The van der Waals surface area contributed by atoms with Crippen LogP contribution in [0.25, 0.3) is 11.0 Å². The molecular weight excluding hydrogens is 346 g/mol. The summed E-state index contributed by atoms with van der Waals surface area (Å²) in [7, 11) is 1.85. The summed E-state index contributed by atoms with van der Waals surface area (Å²) in [6, 6.07) is 1.90. The molecule has 3 aromatic rings. The highest BCUT2D eigenvalue weighted by molar-refractivity contribution is 5.87. The third-order valence-electron chi connectivity index (χ3n) is 4.55. The Hall–Kier alpha value is -3.36. The van der Waals surface area contributed by atoms with Gasteiger partial charge in [-0.15, -0.1) is 0 Å². The topological polar surface area (TPSA) is 101 Å². The maximum absolute atomic E-state index is 11.7. The molecule has 1 fully saturated rings. The molecule has 4 rings (SSSR count). The summed E-state index contributed by atoms with van der Waals surface area (Å²) in [5.74, 6) is 0.930. The molecule has 1 aliphatic heterocycles. The zero-order valence-electron chi connectivity index (χ0n) is 15.1. The molecule has 0 radical (unpaired) electrons. The first-order chi connectivity index (χ1) is 13.1. The SMILES string of the molecule is C=CC(=O)N1CCC(Oc2nc(Nc3cnn(C)c3)nc3[nH]ccc23)CC1. The van der Waals surface area contributed by atoms with Gasteiger partial charge in [-0.05, 0) is 12.1 Å². The molecular formula is C18H21N7O2. The smallest absolute Gasteiger partial charge is 0.245 e. The van der Waals surface area contributed by atoms with Crippen LogP contribution in [0.4, 0.5) is 11.6 Å². The summed E-state index contributed by atoms with van der Waals surface area (Å²) >= 11 is 0. The van der Waals surface area contributed by atoms with Crippen molar-refractivity contribution in [3.05, 3.63) is 37.3 Å². The number of hydrogen-bond acceptors (Lipinski definition) is 6. The van der Waals surface area contributed by atoms with Crippen LogP contribution in [0.15, 0.2) is 37.3 Å². The number of likely N-dealkylation sites (tertiary alicyclic amines) is 1. The van der Waals surface area contributed by atoms with E-state index in [9.17, 15) is 4.79 Å². The molecule has 27 heavy (non-hydrogen) atoms. The van der Waals surface area contributed by atoms with Gasteiger partial charge in [-0.25, -0.2) is 0 Å². The summed E-state index contributed by atoms with van der Waals surface area (Å²) in [5, 5.41) is 8.10. The van der Waals surface area contributed by atoms with Crippen LogP contribution in [0.5, 0.6) is 5.88 Å². The van der Waals surface area contributed by atoms with Crippen LogP contribution < -0.4 is 10.1 Å². The third kappa shape index (κ3) is 3.62. The van der Waals surface area contributed by atoms with Crippen LogP contribution in [0.3, 0.4) is 0 Å². The second kappa shape index (κ2) is 7.10. The summed E-state index contributed by atoms with van der Waals surface area (Å²) < 4.78 is 7.88. The average Bonchev–Trinajstić information content (AvgIpc) is 3.30. The number of rotatable bonds is 5. The first-order valence-corrected chi connectivity index (χ1v) is 8.81. The Balaban J connectivity index is 1.52. The van der Waals surface area contributed by atoms with E-state index in [-0.39, 0.29) is 12.0 Å². The van der Waals surface area contributed by atoms with E-state index in [2.05, 4.69) is 31.9 Å². The van der Waals surface area contributed by atoms with Crippen molar-refractivity contribution >= 4 is 28.6 Å². The van der Waals surface area contributed by atoms with Crippen molar-refractivity contribution in [2.75, 3.05) is 18.4 Å². The molecule has 0 aliphatic carbocycles. The van der Waals surface area contributed by atoms with Gasteiger partial charge in [0.05, 0.1) is 17.3 Å². The first kappa shape index (κ1) is 17.1. The standard InChI is InChI=1S/C18H21N7O2/c1-3-15(26)25-8-5-13(6-9-25)27-17-14-4-7-19-16(14)22-18(23-17)21-12-10-20-24(2)11-12/h3-4,7,10-11,13H,1,5-6,8-9H2,2H3,(H2,19,21,22,23). The van der Waals surface area contributed by atoms with Gasteiger partial charge in [-0.3, -0.25) is 9.48 Å². The molecule has 9 heteroatoms. The van der Waals surface area contributed by atoms with E-state index in [0.29, 0.717) is 30.6 Å². The number of nitrogens with zero attached hydrogens (tertiary/aromatic N) is 5. The van der Waals surface area contributed by atoms with Gasteiger partial charge in [-0.2, -0.15) is 15.1 Å². The maximum atomic E-state index is 11.7. The van der Waals surface area contributed by atoms with E-state index >= 15 is 0 Å². The second-order valence-corrected chi connectivity index (χ2v) is 6.47. The van der Waals surface area contributed by atoms with Crippen molar-refractivity contribution in [3.63, 3.8) is 0 Å². The van der Waals surface area contributed by atoms with E-state index in [4.69, 9.17) is 4.74 Å². The van der Waals surface area contributed by atoms with Crippen LogP contribution in [-0.2, 0) is 11.8 Å². The molecule has 3 aromatic heterocycles. The fourth-order valence-electron chi connectivity index (χ4n) is 3.15. The lowest BCUT2D eigenvalue weighted by Gasteiger charge is -2.31. The van der Waals surface area contributed by atoms with Crippen molar-refractivity contribution < 1.29 is 9.53 Å². The predicted molar refractivity (Wildman–Crippen MR) is 101 cm³/mol. The van der Waals surface area contributed by atoms with Crippen molar-refractivity contribution in [2.45, 2.75) is 18.9 Å². The molecule has 1 amide bonds. The number of piperidine rings is 1. The number of hydrogen-bond donors (Lipinski definition) is 2. The average molecular weight is 367 g/mol. The maximum Gasteiger partial charge on any atom is 0.245 e. The van der Waals surface area contributed by atoms with Gasteiger partial charge in [0.15, 0.2) is 0 Å². The summed E-state index contributed by atoms with van der Waals surface area (Å²) in [6.45, 7) is 4.84. The number of ether oxygens (including phenoxy) is 1. The lowest BCUT2D eigenvalue weighted by atomic mass is 10.1. The van der Waals surface area contributed by atoms with Gasteiger partial charge in [0.25, 0.3) is 0 Å². The lowest BCUT2D eigenvalue weighted by Crippen LogP contribution is -2.41. The van der Waals surface area contributed by atoms with Crippen LogP contribution in [0, 0.1) is 0 Å². The molecule has 9 nitrogen and oxygen atoms in total. The number of fused-ring (bicyclic) bond motifs is 1. The Labute approximate surface area is 156 Å². The van der Waals surface area contributed by atoms with E-state index in [1.807, 2.05) is 25.5 Å². The van der Waals surface area contributed by atoms with E-state index in [1.54, 1.807) is 15.8 Å². The third-order valence-corrected chi connectivity index (χ3v) is 4.55. The van der Waals surface area contributed by atoms with Gasteiger partial charge < -0.3 is 19.9 Å². The normalized spacial score (nSPS) is 15.1. The van der Waals surface area contributed by atoms with Gasteiger partial charge in [-0.1, -0.05) is 6.58 Å². The number of aryl methyl sites for hydroxylation is 1. The summed E-state index contributed by atoms with van der Waals surface area (Å²) in [6.07, 6.45) is 8.21. The Bertz CT molecular complexity index is 969. The Morgan fingerprint density at radius 3 is 2.93 bits per heavy atom. The van der Waals surface area contributed by atoms with Crippen molar-refractivity contribution in [1.82, 2.24) is 29.6 Å². The summed E-state index contributed by atoms with van der Waals surface area (Å²) in [5.41, 5.74) is 1.50. The summed E-state index contributed by atoms with van der Waals surface area (Å²) in [4.78, 5) is 25.6. The quantitative estimate of drug-likeness (QED) is 0.669. The molecule has 0 atom stereocenters. The minimum absolute atomic E-state index is 0.00175. The second-order valence-electron chi connectivity index (χ2n) is 6.47. The Morgan fingerprint density at radius 2 is 2.22 bits per heavy atom. The van der Waals surface area contributed by atoms with Gasteiger partial charge in [0.1, 0.15) is 11.8 Å². The van der Waals surface area contributed by atoms with Crippen LogP contribution in [0.1, 0.15) is 12.8 Å². The van der Waals surface area contributed by atoms with Gasteiger partial charge in [0, 0.05) is 45.4 Å². The van der Waals surface area contributed by atoms with Gasteiger partial charge >= 0.3 is 0 Å². The molecule has 0 saturated carbocycles. The molecule has 140 valence electrons. The number of aromatic amines is 1. The van der Waals surface area contributed by atoms with E-state index in [0.717, 1.165) is 23.9 Å². The lowest BCUT2D eigenvalue weighted by molar-refractivity contribution is -0.127. The van der Waals surface area contributed by atoms with E-state index < -0.39 is 0 Å². The number of anilines is 2. The highest BCUT2D eigenvalue weighted by atomic mass is 16.5. The minimum Gasteiger partial charge on any atom is -0.474 e. The number of nitrogens with one attached hydrogen (secondary N) is 2. The number of amides is 1.